The number of alkyl carbamates (subject to hydrolysis) is 1. The van der Waals surface area contributed by atoms with Gasteiger partial charge in [-0.2, -0.15) is 0 Å². The van der Waals surface area contributed by atoms with Crippen molar-refractivity contribution in [3.63, 3.8) is 0 Å². The van der Waals surface area contributed by atoms with Crippen LogP contribution in [0.5, 0.6) is 0 Å². The zero-order valence-electron chi connectivity index (χ0n) is 17.7. The van der Waals surface area contributed by atoms with Crippen molar-refractivity contribution >= 4 is 17.9 Å². The third kappa shape index (κ3) is 5.92. The zero-order valence-corrected chi connectivity index (χ0v) is 17.7. The fourth-order valence-electron chi connectivity index (χ4n) is 3.48. The Kier molecular flexibility index (Phi) is 6.55. The van der Waals surface area contributed by atoms with Gasteiger partial charge in [0.25, 0.3) is 0 Å². The first kappa shape index (κ1) is 21.6. The second kappa shape index (κ2) is 9.11. The zero-order chi connectivity index (χ0) is 21.7. The van der Waals surface area contributed by atoms with Gasteiger partial charge in [-0.1, -0.05) is 48.5 Å². The molecule has 2 aromatic carbocycles. The molecule has 3 rings (SSSR count). The Morgan fingerprint density at radius 2 is 1.80 bits per heavy atom. The highest BCUT2D eigenvalue weighted by atomic mass is 16.6. The van der Waals surface area contributed by atoms with E-state index in [2.05, 4.69) is 16.7 Å². The van der Waals surface area contributed by atoms with E-state index in [9.17, 15) is 14.4 Å². The van der Waals surface area contributed by atoms with Crippen molar-refractivity contribution in [2.45, 2.75) is 51.6 Å². The molecule has 6 nitrogen and oxygen atoms in total. The van der Waals surface area contributed by atoms with Crippen molar-refractivity contribution in [3.05, 3.63) is 59.7 Å². The van der Waals surface area contributed by atoms with Crippen molar-refractivity contribution < 1.29 is 19.1 Å². The van der Waals surface area contributed by atoms with Gasteiger partial charge in [-0.25, -0.2) is 4.79 Å². The number of ether oxygens (including phenoxy) is 1. The summed E-state index contributed by atoms with van der Waals surface area (Å²) >= 11 is 0. The van der Waals surface area contributed by atoms with E-state index in [4.69, 9.17) is 4.74 Å². The molecule has 6 heteroatoms. The minimum absolute atomic E-state index is 0.208. The van der Waals surface area contributed by atoms with Gasteiger partial charge in [-0.05, 0) is 55.9 Å². The molecule has 2 N–H and O–H groups in total. The van der Waals surface area contributed by atoms with Crippen LogP contribution in [0.15, 0.2) is 48.5 Å². The van der Waals surface area contributed by atoms with Gasteiger partial charge in [0, 0.05) is 13.0 Å². The topological polar surface area (TPSA) is 84.5 Å². The fraction of sp³-hybridized carbons (Fsp3) is 0.375. The Labute approximate surface area is 177 Å². The lowest BCUT2D eigenvalue weighted by molar-refractivity contribution is -0.134. The third-order valence-electron chi connectivity index (χ3n) is 4.87. The minimum atomic E-state index is -0.516. The number of nitrogens with one attached hydrogen (secondary N) is 2. The first-order valence-electron chi connectivity index (χ1n) is 10.2. The third-order valence-corrected chi connectivity index (χ3v) is 4.87. The predicted octanol–water partition coefficient (Wildman–Crippen LogP) is 3.94. The number of amides is 3. The van der Waals surface area contributed by atoms with E-state index in [0.29, 0.717) is 25.8 Å². The van der Waals surface area contributed by atoms with E-state index >= 15 is 0 Å². The first-order valence-corrected chi connectivity index (χ1v) is 10.2. The summed E-state index contributed by atoms with van der Waals surface area (Å²) in [5.41, 5.74) is 3.54. The van der Waals surface area contributed by atoms with Crippen molar-refractivity contribution in [2.24, 2.45) is 0 Å². The van der Waals surface area contributed by atoms with Gasteiger partial charge in [0.15, 0.2) is 0 Å². The highest BCUT2D eigenvalue weighted by molar-refractivity contribution is 6.01. The lowest BCUT2D eigenvalue weighted by atomic mass is 9.88. The number of hydrogen-bond acceptors (Lipinski definition) is 4. The quantitative estimate of drug-likeness (QED) is 0.734. The van der Waals surface area contributed by atoms with E-state index < -0.39 is 11.7 Å². The molecular weight excluding hydrogens is 380 g/mol. The monoisotopic (exact) mass is 408 g/mol. The summed E-state index contributed by atoms with van der Waals surface area (Å²) in [6.07, 6.45) is 1.15. The Morgan fingerprint density at radius 1 is 1.10 bits per heavy atom. The normalized spacial score (nSPS) is 16.7. The van der Waals surface area contributed by atoms with Gasteiger partial charge >= 0.3 is 6.09 Å². The molecule has 0 aromatic heterocycles. The van der Waals surface area contributed by atoms with Gasteiger partial charge in [0.2, 0.25) is 11.8 Å². The molecule has 2 aromatic rings. The molecule has 1 heterocycles. The van der Waals surface area contributed by atoms with Crippen LogP contribution in [0.3, 0.4) is 0 Å². The lowest BCUT2D eigenvalue weighted by Crippen LogP contribution is -2.39. The van der Waals surface area contributed by atoms with Gasteiger partial charge in [0.05, 0.1) is 5.92 Å². The molecule has 0 aliphatic carbocycles. The Morgan fingerprint density at radius 3 is 2.50 bits per heavy atom. The highest BCUT2D eigenvalue weighted by Crippen LogP contribution is 2.29. The lowest BCUT2D eigenvalue weighted by Gasteiger charge is -2.21. The number of imide groups is 1. The fourth-order valence-corrected chi connectivity index (χ4v) is 3.48. The van der Waals surface area contributed by atoms with Crippen LogP contribution in [0.2, 0.25) is 0 Å². The average Bonchev–Trinajstić information content (AvgIpc) is 2.67. The molecule has 30 heavy (non-hydrogen) atoms. The summed E-state index contributed by atoms with van der Waals surface area (Å²) in [5.74, 6) is -0.741. The molecule has 0 spiro atoms. The van der Waals surface area contributed by atoms with Crippen molar-refractivity contribution in [2.75, 3.05) is 6.54 Å². The Hall–Kier alpha value is -3.15. The van der Waals surface area contributed by atoms with Crippen molar-refractivity contribution in [3.8, 4) is 11.1 Å². The SMILES string of the molecule is CC(C)(C)OC(=O)NCCc1cccc(-c2cccc(C3CCC(=O)NC3=O)c2)c1. The Bertz CT molecular complexity index is 946. The summed E-state index contributed by atoms with van der Waals surface area (Å²) in [6, 6.07) is 16.0. The summed E-state index contributed by atoms with van der Waals surface area (Å²) in [4.78, 5) is 35.4. The van der Waals surface area contributed by atoms with E-state index in [0.717, 1.165) is 22.3 Å². The van der Waals surface area contributed by atoms with Gasteiger partial charge in [-0.15, -0.1) is 0 Å². The molecule has 158 valence electrons. The summed E-state index contributed by atoms with van der Waals surface area (Å²) in [6.45, 7) is 5.98. The maximum Gasteiger partial charge on any atom is 0.407 e. The van der Waals surface area contributed by atoms with Crippen LogP contribution in [0, 0.1) is 0 Å². The van der Waals surface area contributed by atoms with Crippen LogP contribution in [-0.4, -0.2) is 30.1 Å². The van der Waals surface area contributed by atoms with Gasteiger partial charge in [-0.3, -0.25) is 14.9 Å². The van der Waals surface area contributed by atoms with E-state index in [-0.39, 0.29) is 17.7 Å². The molecular formula is C24H28N2O4. The maximum absolute atomic E-state index is 12.2. The number of benzene rings is 2. The molecule has 0 saturated carbocycles. The molecule has 1 fully saturated rings. The summed E-state index contributed by atoms with van der Waals surface area (Å²) in [7, 11) is 0. The van der Waals surface area contributed by atoms with E-state index in [1.165, 1.54) is 0 Å². The van der Waals surface area contributed by atoms with Crippen LogP contribution in [0.1, 0.15) is 50.7 Å². The average molecular weight is 408 g/mol. The number of carbonyl (C=O) groups excluding carboxylic acids is 3. The number of piperidine rings is 1. The van der Waals surface area contributed by atoms with Crippen molar-refractivity contribution in [1.29, 1.82) is 0 Å². The van der Waals surface area contributed by atoms with Gasteiger partial charge < -0.3 is 10.1 Å². The largest absolute Gasteiger partial charge is 0.444 e. The molecule has 1 saturated heterocycles. The maximum atomic E-state index is 12.2. The summed E-state index contributed by atoms with van der Waals surface area (Å²) < 4.78 is 5.25. The standard InChI is InChI=1S/C24H28N2O4/c1-24(2,3)30-23(29)25-13-12-16-6-4-7-17(14-16)18-8-5-9-19(15-18)20-10-11-21(27)26-22(20)28/h4-9,14-15,20H,10-13H2,1-3H3,(H,25,29)(H,26,27,28). The Balaban J connectivity index is 1.66. The minimum Gasteiger partial charge on any atom is -0.444 e. The molecule has 1 aliphatic heterocycles. The van der Waals surface area contributed by atoms with Gasteiger partial charge in [0.1, 0.15) is 5.60 Å². The second-order valence-electron chi connectivity index (χ2n) is 8.51. The van der Waals surface area contributed by atoms with Crippen LogP contribution in [0.25, 0.3) is 11.1 Å². The number of carbonyl (C=O) groups is 3. The van der Waals surface area contributed by atoms with Crippen LogP contribution in [0.4, 0.5) is 4.79 Å². The predicted molar refractivity (Wildman–Crippen MR) is 115 cm³/mol. The number of rotatable bonds is 5. The smallest absolute Gasteiger partial charge is 0.407 e. The summed E-state index contributed by atoms with van der Waals surface area (Å²) in [5, 5.41) is 5.19. The highest BCUT2D eigenvalue weighted by Gasteiger charge is 2.28. The van der Waals surface area contributed by atoms with Crippen LogP contribution < -0.4 is 10.6 Å². The molecule has 1 aliphatic rings. The molecule has 1 atom stereocenters. The van der Waals surface area contributed by atoms with E-state index in [1.807, 2.05) is 63.2 Å². The first-order chi connectivity index (χ1) is 14.2. The van der Waals surface area contributed by atoms with Crippen molar-refractivity contribution in [1.82, 2.24) is 10.6 Å². The molecule has 0 radical (unpaired) electrons. The van der Waals surface area contributed by atoms with Crippen LogP contribution in [-0.2, 0) is 20.7 Å². The molecule has 0 bridgehead atoms. The molecule has 3 amide bonds. The van der Waals surface area contributed by atoms with Crippen LogP contribution >= 0.6 is 0 Å². The molecule has 1 unspecified atom stereocenters. The van der Waals surface area contributed by atoms with E-state index in [1.54, 1.807) is 0 Å². The number of hydrogen-bond donors (Lipinski definition) is 2. The second-order valence-corrected chi connectivity index (χ2v) is 8.51.